The number of nitrogens with zero attached hydrogens (tertiary/aromatic N) is 2. The van der Waals surface area contributed by atoms with E-state index in [0.717, 1.165) is 13.1 Å². The van der Waals surface area contributed by atoms with Crippen molar-refractivity contribution in [2.75, 3.05) is 13.1 Å². The van der Waals surface area contributed by atoms with E-state index in [0.29, 0.717) is 13.7 Å². The second kappa shape index (κ2) is 11.9. The van der Waals surface area contributed by atoms with Crippen LogP contribution in [-0.4, -0.2) is 52.2 Å². The van der Waals surface area contributed by atoms with E-state index in [9.17, 15) is 0 Å². The molecule has 0 N–H and O–H groups in total. The SMILES string of the molecule is CB1[C-]=CCN1[Si](C)(C)C.CB1[C-]=CCN1[Si](C)(C)C.[Cl-].[Cl-].[Zr+4]. The molecule has 2 aliphatic rings. The number of hydrogen-bond acceptors (Lipinski definition) is 2. The van der Waals surface area contributed by atoms with Crippen LogP contribution in [0.2, 0.25) is 52.9 Å². The summed E-state index contributed by atoms with van der Waals surface area (Å²) in [6.45, 7) is 22.1. The Labute approximate surface area is 179 Å². The fourth-order valence-corrected chi connectivity index (χ4v) is 6.60. The van der Waals surface area contributed by atoms with E-state index < -0.39 is 16.5 Å². The second-order valence-corrected chi connectivity index (χ2v) is 17.6. The topological polar surface area (TPSA) is 6.48 Å². The molecule has 2 aliphatic heterocycles. The van der Waals surface area contributed by atoms with Gasteiger partial charge >= 0.3 is 26.2 Å². The van der Waals surface area contributed by atoms with Gasteiger partial charge in [0.25, 0.3) is 0 Å². The Balaban J connectivity index is -0.000000308. The van der Waals surface area contributed by atoms with Crippen LogP contribution in [-0.2, 0) is 26.2 Å². The molecule has 0 bridgehead atoms. The predicted octanol–water partition coefficient (Wildman–Crippen LogP) is -2.68. The molecule has 2 heterocycles. The molecule has 0 amide bonds. The fourth-order valence-electron chi connectivity index (χ4n) is 2.85. The van der Waals surface area contributed by atoms with Gasteiger partial charge in [-0.15, -0.1) is 0 Å². The van der Waals surface area contributed by atoms with E-state index >= 15 is 0 Å². The van der Waals surface area contributed by atoms with Gasteiger partial charge in [-0.25, -0.2) is 0 Å². The second-order valence-electron chi connectivity index (χ2n) is 7.74. The molecule has 0 aromatic carbocycles. The van der Waals surface area contributed by atoms with Crippen LogP contribution in [0.25, 0.3) is 0 Å². The molecular weight excluding hydrogens is 436 g/mol. The summed E-state index contributed by atoms with van der Waals surface area (Å²) in [5.41, 5.74) is 0. The Hall–Kier alpha value is 1.43. The third-order valence-corrected chi connectivity index (χ3v) is 8.54. The van der Waals surface area contributed by atoms with E-state index in [1.54, 1.807) is 0 Å². The smallest absolute Gasteiger partial charge is 1.00 e. The molecule has 0 aliphatic carbocycles. The van der Waals surface area contributed by atoms with Gasteiger partial charge in [0.05, 0.1) is 0 Å². The average Bonchev–Trinajstić information content (AvgIpc) is 2.85. The van der Waals surface area contributed by atoms with Gasteiger partial charge < -0.3 is 45.7 Å². The molecule has 23 heavy (non-hydrogen) atoms. The summed E-state index contributed by atoms with van der Waals surface area (Å²) in [5.74, 6) is 6.62. The molecule has 0 saturated carbocycles. The Morgan fingerprint density at radius 2 is 1.00 bits per heavy atom. The minimum Gasteiger partial charge on any atom is -1.00 e. The summed E-state index contributed by atoms with van der Waals surface area (Å²) in [6.07, 6.45) is 4.31. The molecule has 0 aromatic heterocycles. The predicted molar refractivity (Wildman–Crippen MR) is 99.0 cm³/mol. The first-order valence-electron chi connectivity index (χ1n) is 7.72. The van der Waals surface area contributed by atoms with Gasteiger partial charge in [-0.2, -0.15) is 0 Å². The van der Waals surface area contributed by atoms with Gasteiger partial charge in [-0.1, -0.05) is 52.9 Å². The molecule has 0 spiro atoms. The monoisotopic (exact) mass is 464 g/mol. The van der Waals surface area contributed by atoms with Gasteiger partial charge in [0.15, 0.2) is 0 Å². The first-order valence-corrected chi connectivity index (χ1v) is 14.6. The third kappa shape index (κ3) is 9.63. The minimum atomic E-state index is -1.05. The minimum absolute atomic E-state index is 0. The number of rotatable bonds is 2. The van der Waals surface area contributed by atoms with Gasteiger partial charge in [0, 0.05) is 13.7 Å². The van der Waals surface area contributed by atoms with E-state index in [1.807, 2.05) is 0 Å². The maximum atomic E-state index is 3.31. The Morgan fingerprint density at radius 3 is 1.09 bits per heavy atom. The van der Waals surface area contributed by atoms with E-state index in [2.05, 4.69) is 86.0 Å². The fraction of sp³-hybridized carbons (Fsp3) is 0.714. The molecule has 2 rings (SSSR count). The molecular formula is C14H30B2Cl2N2Si2Zr. The maximum Gasteiger partial charge on any atom is 4.00 e. The van der Waals surface area contributed by atoms with Crippen molar-refractivity contribution >= 4 is 30.2 Å². The molecule has 2 nitrogen and oxygen atoms in total. The van der Waals surface area contributed by atoms with Crippen LogP contribution in [0.5, 0.6) is 0 Å². The Bertz CT molecular complexity index is 352. The van der Waals surface area contributed by atoms with E-state index in [4.69, 9.17) is 0 Å². The van der Waals surface area contributed by atoms with E-state index in [-0.39, 0.29) is 51.0 Å². The van der Waals surface area contributed by atoms with Crippen molar-refractivity contribution < 1.29 is 51.0 Å². The van der Waals surface area contributed by atoms with Gasteiger partial charge in [0.1, 0.15) is 16.5 Å². The summed E-state index contributed by atoms with van der Waals surface area (Å²) < 4.78 is 5.12. The Kier molecular flexibility index (Phi) is 15.1. The third-order valence-electron chi connectivity index (χ3n) is 3.95. The molecule has 0 atom stereocenters. The zero-order valence-electron chi connectivity index (χ0n) is 15.9. The first-order chi connectivity index (χ1) is 9.03. The Morgan fingerprint density at radius 1 is 0.739 bits per heavy atom. The van der Waals surface area contributed by atoms with Crippen LogP contribution < -0.4 is 24.8 Å². The summed E-state index contributed by atoms with van der Waals surface area (Å²) in [6, 6.07) is 0. The van der Waals surface area contributed by atoms with Crippen LogP contribution in [0.3, 0.4) is 0 Å². The van der Waals surface area contributed by atoms with Crippen LogP contribution >= 0.6 is 0 Å². The van der Waals surface area contributed by atoms with Crippen molar-refractivity contribution in [2.45, 2.75) is 52.9 Å². The quantitative estimate of drug-likeness (QED) is 0.324. The molecule has 9 heteroatoms. The average molecular weight is 466 g/mol. The largest absolute Gasteiger partial charge is 4.00 e. The summed E-state index contributed by atoms with van der Waals surface area (Å²) in [4.78, 5) is 0. The van der Waals surface area contributed by atoms with Crippen LogP contribution in [0.15, 0.2) is 12.2 Å². The zero-order valence-corrected chi connectivity index (χ0v) is 21.8. The molecule has 0 radical (unpaired) electrons. The van der Waals surface area contributed by atoms with Crippen LogP contribution in [0, 0.1) is 12.0 Å². The maximum absolute atomic E-state index is 3.31. The summed E-state index contributed by atoms with van der Waals surface area (Å²) in [7, 11) is -2.10. The summed E-state index contributed by atoms with van der Waals surface area (Å²) >= 11 is 0. The first kappa shape index (κ1) is 29.2. The van der Waals surface area contributed by atoms with Gasteiger partial charge in [-0.05, 0) is 13.1 Å². The van der Waals surface area contributed by atoms with Crippen molar-refractivity contribution in [3.05, 3.63) is 24.1 Å². The summed E-state index contributed by atoms with van der Waals surface area (Å²) in [5, 5.41) is 0. The van der Waals surface area contributed by atoms with Crippen molar-refractivity contribution in [1.29, 1.82) is 0 Å². The standard InChI is InChI=1S/2C7H15BNSi.2ClH.Zr/c2*1-8-6-5-7-9(8)10(2,3)4;;;/h2*5H,7H2,1-4H3;2*1H;/q2*-1;;;+4/p-2. The van der Waals surface area contributed by atoms with Crippen molar-refractivity contribution in [1.82, 2.24) is 8.95 Å². The molecule has 128 valence electrons. The van der Waals surface area contributed by atoms with Gasteiger partial charge in [0.2, 0.25) is 0 Å². The molecule has 0 unspecified atom stereocenters. The molecule has 0 saturated heterocycles. The normalized spacial score (nSPS) is 17.9. The molecule has 0 fully saturated rings. The zero-order chi connectivity index (χ0) is 15.6. The van der Waals surface area contributed by atoms with Crippen LogP contribution in [0.1, 0.15) is 0 Å². The van der Waals surface area contributed by atoms with Gasteiger partial charge in [-0.3, -0.25) is 12.2 Å². The van der Waals surface area contributed by atoms with Crippen molar-refractivity contribution in [3.8, 4) is 0 Å². The van der Waals surface area contributed by atoms with Crippen molar-refractivity contribution in [3.63, 3.8) is 0 Å². The number of hydrogen-bond donors (Lipinski definition) is 0. The van der Waals surface area contributed by atoms with Crippen LogP contribution in [0.4, 0.5) is 0 Å². The molecule has 0 aromatic rings. The van der Waals surface area contributed by atoms with Crippen molar-refractivity contribution in [2.24, 2.45) is 0 Å². The number of halogens is 2. The van der Waals surface area contributed by atoms with E-state index in [1.165, 1.54) is 0 Å².